The zero-order valence-corrected chi connectivity index (χ0v) is 19.0. The summed E-state index contributed by atoms with van der Waals surface area (Å²) in [6.07, 6.45) is 4.43. The average Bonchev–Trinajstić information content (AvgIpc) is 2.82. The number of carbonyl (C=O) groups is 1. The Morgan fingerprint density at radius 1 is 1.19 bits per heavy atom. The number of hydrogen-bond donors (Lipinski definition) is 3. The lowest BCUT2D eigenvalue weighted by Gasteiger charge is -2.30. The molecule has 1 amide bonds. The summed E-state index contributed by atoms with van der Waals surface area (Å²) in [5.74, 6) is 1.18. The number of piperidine rings is 1. The molecule has 3 N–H and O–H groups in total. The molecule has 1 unspecified atom stereocenters. The molecule has 2 aliphatic heterocycles. The van der Waals surface area contributed by atoms with Crippen molar-refractivity contribution in [3.63, 3.8) is 0 Å². The largest absolute Gasteiger partial charge is 0.390 e. The van der Waals surface area contributed by atoms with Gasteiger partial charge in [-0.15, -0.1) is 0 Å². The molecule has 1 aromatic heterocycles. The van der Waals surface area contributed by atoms with Crippen LogP contribution in [0, 0.1) is 5.92 Å². The highest BCUT2D eigenvalue weighted by Crippen LogP contribution is 2.19. The van der Waals surface area contributed by atoms with Crippen LogP contribution in [-0.2, 0) is 13.0 Å². The van der Waals surface area contributed by atoms with Gasteiger partial charge in [0.1, 0.15) is 5.82 Å². The van der Waals surface area contributed by atoms with E-state index in [0.29, 0.717) is 18.0 Å². The lowest BCUT2D eigenvalue weighted by atomic mass is 9.97. The van der Waals surface area contributed by atoms with E-state index >= 15 is 0 Å². The molecule has 1 fully saturated rings. The molecule has 1 atom stereocenters. The van der Waals surface area contributed by atoms with E-state index in [1.165, 1.54) is 24.0 Å². The molecule has 0 saturated carbocycles. The maximum Gasteiger partial charge on any atom is 0.251 e. The Morgan fingerprint density at radius 2 is 1.97 bits per heavy atom. The summed E-state index contributed by atoms with van der Waals surface area (Å²) in [6.45, 7) is 5.70. The van der Waals surface area contributed by atoms with Gasteiger partial charge in [0.15, 0.2) is 0 Å². The number of aliphatic hydroxyl groups is 1. The zero-order valence-electron chi connectivity index (χ0n) is 19.0. The molecule has 1 saturated heterocycles. The van der Waals surface area contributed by atoms with Crippen molar-refractivity contribution in [3.8, 4) is 0 Å². The molecule has 3 heterocycles. The van der Waals surface area contributed by atoms with E-state index in [0.717, 1.165) is 45.0 Å². The number of nitrogens with zero attached hydrogens (tertiary/aromatic N) is 3. The zero-order chi connectivity index (χ0) is 22.3. The molecule has 1 aromatic carbocycles. The highest BCUT2D eigenvalue weighted by Gasteiger charge is 2.19. The van der Waals surface area contributed by atoms with Crippen LogP contribution in [-0.4, -0.2) is 78.2 Å². The van der Waals surface area contributed by atoms with E-state index in [-0.39, 0.29) is 12.5 Å². The lowest BCUT2D eigenvalue weighted by molar-refractivity contribution is 0.0842. The first-order chi connectivity index (χ1) is 15.6. The van der Waals surface area contributed by atoms with Gasteiger partial charge >= 0.3 is 0 Å². The van der Waals surface area contributed by atoms with Crippen LogP contribution in [0.5, 0.6) is 0 Å². The number of amides is 1. The van der Waals surface area contributed by atoms with E-state index < -0.39 is 6.10 Å². The fourth-order valence-corrected chi connectivity index (χ4v) is 4.57. The molecule has 0 radical (unpaired) electrons. The minimum Gasteiger partial charge on any atom is -0.390 e. The minimum atomic E-state index is -0.604. The smallest absolute Gasteiger partial charge is 0.251 e. The summed E-state index contributed by atoms with van der Waals surface area (Å²) in [4.78, 5) is 21.6. The average molecular weight is 438 g/mol. The van der Waals surface area contributed by atoms with Crippen LogP contribution in [0.4, 0.5) is 5.82 Å². The van der Waals surface area contributed by atoms with E-state index in [2.05, 4.69) is 56.7 Å². The number of anilines is 1. The molecule has 172 valence electrons. The number of aliphatic hydroxyl groups excluding tert-OH is 1. The SMILES string of the molecule is CN1CCC(CNc2cc(C(=O)NCC(O)CN3CCc4ccccc4C3)ccn2)CC1. The molecule has 0 aliphatic carbocycles. The fraction of sp³-hybridized carbons (Fsp3) is 0.520. The van der Waals surface area contributed by atoms with E-state index in [1.807, 2.05) is 0 Å². The second kappa shape index (κ2) is 10.9. The van der Waals surface area contributed by atoms with Gasteiger partial charge in [-0.2, -0.15) is 0 Å². The standard InChI is InChI=1S/C25H35N5O2/c1-29-11-7-19(8-12-29)15-27-24-14-21(6-10-26-24)25(32)28-16-23(31)18-30-13-9-20-4-2-3-5-22(20)17-30/h2-6,10,14,19,23,31H,7-9,11-13,15-18H2,1H3,(H,26,27)(H,28,32). The molecule has 0 bridgehead atoms. The Morgan fingerprint density at radius 3 is 2.78 bits per heavy atom. The van der Waals surface area contributed by atoms with Gasteiger partial charge in [0.25, 0.3) is 5.91 Å². The summed E-state index contributed by atoms with van der Waals surface area (Å²) in [5.41, 5.74) is 3.28. The molecule has 32 heavy (non-hydrogen) atoms. The van der Waals surface area contributed by atoms with E-state index in [9.17, 15) is 9.90 Å². The Bertz CT molecular complexity index is 897. The number of rotatable bonds is 8. The summed E-state index contributed by atoms with van der Waals surface area (Å²) >= 11 is 0. The van der Waals surface area contributed by atoms with Crippen LogP contribution in [0.2, 0.25) is 0 Å². The second-order valence-electron chi connectivity index (χ2n) is 9.17. The quantitative estimate of drug-likeness (QED) is 0.586. The predicted molar refractivity (Wildman–Crippen MR) is 127 cm³/mol. The van der Waals surface area contributed by atoms with Crippen molar-refractivity contribution in [1.82, 2.24) is 20.1 Å². The van der Waals surface area contributed by atoms with Crippen molar-refractivity contribution in [3.05, 3.63) is 59.3 Å². The predicted octanol–water partition coefficient (Wildman–Crippen LogP) is 1.98. The van der Waals surface area contributed by atoms with Gasteiger partial charge < -0.3 is 20.6 Å². The van der Waals surface area contributed by atoms with Crippen LogP contribution >= 0.6 is 0 Å². The Labute approximate surface area is 190 Å². The number of likely N-dealkylation sites (tertiary alicyclic amines) is 1. The van der Waals surface area contributed by atoms with Crippen molar-refractivity contribution < 1.29 is 9.90 Å². The highest BCUT2D eigenvalue weighted by molar-refractivity contribution is 5.94. The first kappa shape index (κ1) is 22.7. The van der Waals surface area contributed by atoms with Crippen LogP contribution in [0.1, 0.15) is 34.3 Å². The van der Waals surface area contributed by atoms with E-state index in [1.54, 1.807) is 18.3 Å². The van der Waals surface area contributed by atoms with Crippen LogP contribution in [0.15, 0.2) is 42.6 Å². The molecule has 0 spiro atoms. The van der Waals surface area contributed by atoms with Gasteiger partial charge in [-0.1, -0.05) is 24.3 Å². The molecule has 7 nitrogen and oxygen atoms in total. The van der Waals surface area contributed by atoms with Gasteiger partial charge in [-0.25, -0.2) is 4.98 Å². The number of β-amino-alcohol motifs (C(OH)–C–C–N with tert-alkyl or cyclic N) is 1. The molecule has 7 heteroatoms. The molecule has 2 aliphatic rings. The Hall–Kier alpha value is -2.48. The van der Waals surface area contributed by atoms with Gasteiger partial charge in [0.2, 0.25) is 0 Å². The van der Waals surface area contributed by atoms with Gasteiger partial charge in [0.05, 0.1) is 6.10 Å². The number of benzene rings is 1. The third-order valence-corrected chi connectivity index (χ3v) is 6.61. The number of aromatic nitrogens is 1. The number of nitrogens with one attached hydrogen (secondary N) is 2. The molecular formula is C25H35N5O2. The number of carbonyl (C=O) groups excluding carboxylic acids is 1. The Balaban J connectivity index is 1.21. The molecular weight excluding hydrogens is 402 g/mol. The van der Waals surface area contributed by atoms with Crippen molar-refractivity contribution in [2.24, 2.45) is 5.92 Å². The Kier molecular flexibility index (Phi) is 7.73. The third kappa shape index (κ3) is 6.28. The monoisotopic (exact) mass is 437 g/mol. The van der Waals surface area contributed by atoms with Gasteiger partial charge in [-0.05, 0) is 68.6 Å². The maximum atomic E-state index is 12.6. The van der Waals surface area contributed by atoms with Crippen LogP contribution in [0.25, 0.3) is 0 Å². The minimum absolute atomic E-state index is 0.183. The van der Waals surface area contributed by atoms with Crippen molar-refractivity contribution >= 4 is 11.7 Å². The van der Waals surface area contributed by atoms with Crippen LogP contribution in [0.3, 0.4) is 0 Å². The fourth-order valence-electron chi connectivity index (χ4n) is 4.57. The molecule has 4 rings (SSSR count). The topological polar surface area (TPSA) is 80.7 Å². The number of fused-ring (bicyclic) bond motifs is 1. The lowest BCUT2D eigenvalue weighted by Crippen LogP contribution is -2.42. The van der Waals surface area contributed by atoms with Crippen molar-refractivity contribution in [2.75, 3.05) is 51.6 Å². The normalized spacial score (nSPS) is 18.7. The summed E-state index contributed by atoms with van der Waals surface area (Å²) in [6, 6.07) is 12.0. The van der Waals surface area contributed by atoms with Crippen molar-refractivity contribution in [1.29, 1.82) is 0 Å². The summed E-state index contributed by atoms with van der Waals surface area (Å²) in [5, 5.41) is 16.7. The van der Waals surface area contributed by atoms with Crippen molar-refractivity contribution in [2.45, 2.75) is 31.9 Å². The van der Waals surface area contributed by atoms with E-state index in [4.69, 9.17) is 0 Å². The second-order valence-corrected chi connectivity index (χ2v) is 9.17. The highest BCUT2D eigenvalue weighted by atomic mass is 16.3. The van der Waals surface area contributed by atoms with Gasteiger partial charge in [-0.3, -0.25) is 9.69 Å². The first-order valence-corrected chi connectivity index (χ1v) is 11.7. The number of pyridine rings is 1. The third-order valence-electron chi connectivity index (χ3n) is 6.61. The first-order valence-electron chi connectivity index (χ1n) is 11.7. The van der Waals surface area contributed by atoms with Crippen LogP contribution < -0.4 is 10.6 Å². The number of hydrogen-bond acceptors (Lipinski definition) is 6. The van der Waals surface area contributed by atoms with Gasteiger partial charge in [0, 0.05) is 44.5 Å². The molecule has 2 aromatic rings. The summed E-state index contributed by atoms with van der Waals surface area (Å²) in [7, 11) is 2.16. The summed E-state index contributed by atoms with van der Waals surface area (Å²) < 4.78 is 0. The maximum absolute atomic E-state index is 12.6.